The Bertz CT molecular complexity index is 457. The highest BCUT2D eigenvalue weighted by Crippen LogP contribution is 2.41. The van der Waals surface area contributed by atoms with Gasteiger partial charge in [-0.05, 0) is 12.0 Å². The molecule has 2 N–H and O–H groups in total. The summed E-state index contributed by atoms with van der Waals surface area (Å²) in [5, 5.41) is 11.9. The highest BCUT2D eigenvalue weighted by atomic mass is 16.4. The molecular weight excluding hydrogens is 230 g/mol. The van der Waals surface area contributed by atoms with Gasteiger partial charge >= 0.3 is 5.97 Å². The first kappa shape index (κ1) is 12.8. The lowest BCUT2D eigenvalue weighted by Crippen LogP contribution is -2.47. The van der Waals surface area contributed by atoms with Crippen molar-refractivity contribution in [2.45, 2.75) is 25.3 Å². The summed E-state index contributed by atoms with van der Waals surface area (Å²) in [6.07, 6.45) is 1.16. The van der Waals surface area contributed by atoms with Crippen LogP contribution in [0.3, 0.4) is 0 Å². The maximum Gasteiger partial charge on any atom is 0.317 e. The van der Waals surface area contributed by atoms with Crippen LogP contribution in [0.1, 0.15) is 25.3 Å². The van der Waals surface area contributed by atoms with Crippen LogP contribution in [0.2, 0.25) is 0 Å². The molecule has 1 aromatic rings. The number of aliphatic carboxylic acids is 1. The lowest BCUT2D eigenvalue weighted by molar-refractivity contribution is -0.136. The second-order valence-electron chi connectivity index (χ2n) is 4.77. The van der Waals surface area contributed by atoms with Crippen LogP contribution >= 0.6 is 0 Å². The second-order valence-corrected chi connectivity index (χ2v) is 4.77. The normalized spacial score (nSPS) is 27.4. The van der Waals surface area contributed by atoms with Crippen molar-refractivity contribution in [3.63, 3.8) is 0 Å². The maximum atomic E-state index is 11.8. The maximum absolute atomic E-state index is 11.8. The number of carbonyl (C=O) groups excluding carboxylic acids is 1. The third-order valence-corrected chi connectivity index (χ3v) is 3.83. The molecule has 0 saturated heterocycles. The standard InChI is InChI=1S/C14H17NO3/c1-10-12(16)7-8-14(10,15-9-13(17)18)11-5-3-2-4-6-11/h2-6,10,15H,7-9H2,1H3,(H,17,18). The minimum Gasteiger partial charge on any atom is -0.480 e. The first-order chi connectivity index (χ1) is 8.56. The zero-order valence-corrected chi connectivity index (χ0v) is 10.3. The highest BCUT2D eigenvalue weighted by molar-refractivity contribution is 5.85. The fourth-order valence-corrected chi connectivity index (χ4v) is 2.73. The average molecular weight is 247 g/mol. The van der Waals surface area contributed by atoms with E-state index < -0.39 is 11.5 Å². The van der Waals surface area contributed by atoms with E-state index in [4.69, 9.17) is 5.11 Å². The summed E-state index contributed by atoms with van der Waals surface area (Å²) < 4.78 is 0. The number of carboxylic acid groups (broad SMARTS) is 1. The van der Waals surface area contributed by atoms with E-state index in [2.05, 4.69) is 5.32 Å². The lowest BCUT2D eigenvalue weighted by Gasteiger charge is -2.34. The molecule has 1 aliphatic rings. The van der Waals surface area contributed by atoms with Gasteiger partial charge in [-0.1, -0.05) is 37.3 Å². The molecule has 0 radical (unpaired) electrons. The number of carboxylic acids is 1. The third kappa shape index (κ3) is 2.16. The molecule has 2 unspecified atom stereocenters. The largest absolute Gasteiger partial charge is 0.480 e. The molecule has 0 amide bonds. The molecule has 96 valence electrons. The third-order valence-electron chi connectivity index (χ3n) is 3.83. The van der Waals surface area contributed by atoms with Crippen LogP contribution < -0.4 is 5.32 Å². The van der Waals surface area contributed by atoms with E-state index in [1.807, 2.05) is 37.3 Å². The number of hydrogen-bond acceptors (Lipinski definition) is 3. The van der Waals surface area contributed by atoms with Gasteiger partial charge in [0.1, 0.15) is 5.78 Å². The fourth-order valence-electron chi connectivity index (χ4n) is 2.73. The van der Waals surface area contributed by atoms with Gasteiger partial charge in [-0.15, -0.1) is 0 Å². The van der Waals surface area contributed by atoms with Gasteiger partial charge in [0.2, 0.25) is 0 Å². The minimum atomic E-state index is -0.906. The van der Waals surface area contributed by atoms with E-state index in [9.17, 15) is 9.59 Å². The van der Waals surface area contributed by atoms with E-state index in [0.29, 0.717) is 12.8 Å². The molecule has 0 aliphatic heterocycles. The molecular formula is C14H17NO3. The molecule has 2 rings (SSSR count). The van der Waals surface area contributed by atoms with Crippen LogP contribution in [-0.2, 0) is 15.1 Å². The van der Waals surface area contributed by atoms with E-state index in [1.165, 1.54) is 0 Å². The average Bonchev–Trinajstić information content (AvgIpc) is 2.66. The van der Waals surface area contributed by atoms with Crippen molar-refractivity contribution in [3.05, 3.63) is 35.9 Å². The number of benzene rings is 1. The van der Waals surface area contributed by atoms with E-state index in [-0.39, 0.29) is 18.2 Å². The predicted molar refractivity (Wildman–Crippen MR) is 67.2 cm³/mol. The molecule has 0 bridgehead atoms. The van der Waals surface area contributed by atoms with Gasteiger partial charge < -0.3 is 5.11 Å². The van der Waals surface area contributed by atoms with Crippen molar-refractivity contribution < 1.29 is 14.7 Å². The fraction of sp³-hybridized carbons (Fsp3) is 0.429. The van der Waals surface area contributed by atoms with Crippen molar-refractivity contribution in [2.24, 2.45) is 5.92 Å². The van der Waals surface area contributed by atoms with Crippen molar-refractivity contribution in [3.8, 4) is 0 Å². The summed E-state index contributed by atoms with van der Waals surface area (Å²) in [7, 11) is 0. The Hall–Kier alpha value is -1.68. The van der Waals surface area contributed by atoms with Gasteiger partial charge in [0.15, 0.2) is 0 Å². The first-order valence-corrected chi connectivity index (χ1v) is 6.11. The Morgan fingerprint density at radius 3 is 2.61 bits per heavy atom. The Morgan fingerprint density at radius 2 is 2.11 bits per heavy atom. The summed E-state index contributed by atoms with van der Waals surface area (Å²) in [5.74, 6) is -0.909. The van der Waals surface area contributed by atoms with Crippen molar-refractivity contribution >= 4 is 11.8 Å². The molecule has 18 heavy (non-hydrogen) atoms. The van der Waals surface area contributed by atoms with Gasteiger partial charge in [-0.3, -0.25) is 14.9 Å². The monoisotopic (exact) mass is 247 g/mol. The molecule has 4 heteroatoms. The molecule has 1 saturated carbocycles. The Labute approximate surface area is 106 Å². The molecule has 1 aromatic carbocycles. The molecule has 1 fully saturated rings. The van der Waals surface area contributed by atoms with Crippen LogP contribution in [0.25, 0.3) is 0 Å². The minimum absolute atomic E-state index is 0.132. The summed E-state index contributed by atoms with van der Waals surface area (Å²) in [4.78, 5) is 22.6. The van der Waals surface area contributed by atoms with Crippen molar-refractivity contribution in [2.75, 3.05) is 6.54 Å². The first-order valence-electron chi connectivity index (χ1n) is 6.11. The summed E-state index contributed by atoms with van der Waals surface area (Å²) in [6.45, 7) is 1.74. The van der Waals surface area contributed by atoms with E-state index in [0.717, 1.165) is 5.56 Å². The summed E-state index contributed by atoms with van der Waals surface area (Å²) in [6, 6.07) is 9.63. The van der Waals surface area contributed by atoms with Gasteiger partial charge in [-0.25, -0.2) is 0 Å². The van der Waals surface area contributed by atoms with Crippen LogP contribution in [0.5, 0.6) is 0 Å². The molecule has 2 atom stereocenters. The van der Waals surface area contributed by atoms with Crippen LogP contribution in [0.4, 0.5) is 0 Å². The smallest absolute Gasteiger partial charge is 0.317 e. The van der Waals surface area contributed by atoms with Gasteiger partial charge in [0.25, 0.3) is 0 Å². The van der Waals surface area contributed by atoms with Crippen LogP contribution in [0, 0.1) is 5.92 Å². The zero-order chi connectivity index (χ0) is 13.2. The van der Waals surface area contributed by atoms with Gasteiger partial charge in [0.05, 0.1) is 12.1 Å². The number of rotatable bonds is 4. The van der Waals surface area contributed by atoms with Crippen molar-refractivity contribution in [1.29, 1.82) is 0 Å². The molecule has 0 aromatic heterocycles. The van der Waals surface area contributed by atoms with E-state index in [1.54, 1.807) is 0 Å². The molecule has 0 spiro atoms. The number of nitrogens with one attached hydrogen (secondary N) is 1. The quantitative estimate of drug-likeness (QED) is 0.847. The van der Waals surface area contributed by atoms with Crippen molar-refractivity contribution in [1.82, 2.24) is 5.32 Å². The molecule has 1 aliphatic carbocycles. The molecule has 4 nitrogen and oxygen atoms in total. The van der Waals surface area contributed by atoms with Gasteiger partial charge in [-0.2, -0.15) is 0 Å². The number of carbonyl (C=O) groups is 2. The Balaban J connectivity index is 2.34. The Morgan fingerprint density at radius 1 is 1.44 bits per heavy atom. The predicted octanol–water partition coefficient (Wildman–Crippen LogP) is 1.56. The SMILES string of the molecule is CC1C(=O)CCC1(NCC(=O)O)c1ccccc1. The topological polar surface area (TPSA) is 66.4 Å². The summed E-state index contributed by atoms with van der Waals surface area (Å²) in [5.41, 5.74) is 0.459. The molecule has 0 heterocycles. The Kier molecular flexibility index (Phi) is 3.48. The van der Waals surface area contributed by atoms with E-state index >= 15 is 0 Å². The number of hydrogen-bond donors (Lipinski definition) is 2. The van der Waals surface area contributed by atoms with Crippen LogP contribution in [0.15, 0.2) is 30.3 Å². The number of Topliss-reactive ketones (excluding diaryl/α,β-unsaturated/α-hetero) is 1. The lowest BCUT2D eigenvalue weighted by atomic mass is 9.81. The second kappa shape index (κ2) is 4.90. The van der Waals surface area contributed by atoms with Gasteiger partial charge in [0, 0.05) is 12.3 Å². The highest BCUT2D eigenvalue weighted by Gasteiger charge is 2.46. The number of ketones is 1. The zero-order valence-electron chi connectivity index (χ0n) is 10.3. The van der Waals surface area contributed by atoms with Crippen LogP contribution in [-0.4, -0.2) is 23.4 Å². The summed E-state index contributed by atoms with van der Waals surface area (Å²) >= 11 is 0.